The molecule has 0 aliphatic carbocycles. The fourth-order valence-electron chi connectivity index (χ4n) is 2.26. The van der Waals surface area contributed by atoms with E-state index in [1.165, 1.54) is 24.0 Å². The van der Waals surface area contributed by atoms with E-state index in [0.29, 0.717) is 12.3 Å². The van der Waals surface area contributed by atoms with Gasteiger partial charge < -0.3 is 4.90 Å². The highest BCUT2D eigenvalue weighted by molar-refractivity contribution is 8.13. The van der Waals surface area contributed by atoms with E-state index in [-0.39, 0.29) is 39.8 Å². The van der Waals surface area contributed by atoms with Crippen LogP contribution in [0.5, 0.6) is 0 Å². The van der Waals surface area contributed by atoms with E-state index in [0.717, 1.165) is 11.8 Å². The third-order valence-corrected chi connectivity index (χ3v) is 4.52. The van der Waals surface area contributed by atoms with E-state index in [2.05, 4.69) is 0 Å². The number of nitrogens with zero attached hydrogens (tertiary/aromatic N) is 2. The Morgan fingerprint density at radius 3 is 2.90 bits per heavy atom. The molecular weight excluding hydrogens is 316 g/mol. The quantitative estimate of drug-likeness (QED) is 0.627. The van der Waals surface area contributed by atoms with Gasteiger partial charge in [-0.2, -0.15) is 0 Å². The SMILES string of the molecule is CC(=O)SCC1CC(=O)N(c2cccc(Cl)c2[N+](=O)[O-])C1. The van der Waals surface area contributed by atoms with Crippen molar-refractivity contribution in [2.24, 2.45) is 5.92 Å². The number of para-hydroxylation sites is 1. The van der Waals surface area contributed by atoms with Gasteiger partial charge in [-0.05, 0) is 18.1 Å². The largest absolute Gasteiger partial charge is 0.311 e. The van der Waals surface area contributed by atoms with Crippen LogP contribution in [0.15, 0.2) is 18.2 Å². The molecule has 0 aromatic heterocycles. The number of nitro groups is 1. The molecule has 0 spiro atoms. The maximum absolute atomic E-state index is 12.1. The van der Waals surface area contributed by atoms with Gasteiger partial charge in [0.05, 0.1) is 4.92 Å². The van der Waals surface area contributed by atoms with Gasteiger partial charge in [-0.3, -0.25) is 19.7 Å². The van der Waals surface area contributed by atoms with Gasteiger partial charge in [0.2, 0.25) is 5.91 Å². The van der Waals surface area contributed by atoms with Gasteiger partial charge in [-0.25, -0.2) is 0 Å². The first-order valence-electron chi connectivity index (χ1n) is 6.26. The number of thioether (sulfide) groups is 1. The Morgan fingerprint density at radius 1 is 1.57 bits per heavy atom. The summed E-state index contributed by atoms with van der Waals surface area (Å²) in [5.41, 5.74) is -0.0415. The van der Waals surface area contributed by atoms with Crippen molar-refractivity contribution in [3.05, 3.63) is 33.3 Å². The zero-order valence-electron chi connectivity index (χ0n) is 11.2. The lowest BCUT2D eigenvalue weighted by Gasteiger charge is -2.17. The number of halogens is 1. The molecule has 1 atom stereocenters. The Hall–Kier alpha value is -1.60. The van der Waals surface area contributed by atoms with Crippen LogP contribution in [-0.4, -0.2) is 28.2 Å². The number of nitro benzene ring substituents is 1. The van der Waals surface area contributed by atoms with Gasteiger partial charge in [-0.15, -0.1) is 0 Å². The maximum Gasteiger partial charge on any atom is 0.311 e. The first-order valence-corrected chi connectivity index (χ1v) is 7.63. The van der Waals surface area contributed by atoms with Crippen LogP contribution in [0.1, 0.15) is 13.3 Å². The van der Waals surface area contributed by atoms with Crippen LogP contribution in [-0.2, 0) is 9.59 Å². The molecule has 0 bridgehead atoms. The second kappa shape index (κ2) is 6.44. The summed E-state index contributed by atoms with van der Waals surface area (Å²) in [7, 11) is 0. The van der Waals surface area contributed by atoms with Gasteiger partial charge in [-0.1, -0.05) is 29.4 Å². The number of carbonyl (C=O) groups is 2. The minimum atomic E-state index is -0.581. The zero-order chi connectivity index (χ0) is 15.6. The molecule has 1 unspecified atom stereocenters. The van der Waals surface area contributed by atoms with Crippen LogP contribution in [0.4, 0.5) is 11.4 Å². The molecule has 0 N–H and O–H groups in total. The maximum atomic E-state index is 12.1. The van der Waals surface area contributed by atoms with Gasteiger partial charge in [0, 0.05) is 25.6 Å². The summed E-state index contributed by atoms with van der Waals surface area (Å²) >= 11 is 7.02. The fourth-order valence-corrected chi connectivity index (χ4v) is 3.20. The van der Waals surface area contributed by atoms with Crippen molar-refractivity contribution in [3.63, 3.8) is 0 Å². The van der Waals surface area contributed by atoms with Crippen LogP contribution >= 0.6 is 23.4 Å². The standard InChI is InChI=1S/C13H13ClN2O4S/c1-8(17)21-7-9-5-12(18)15(6-9)11-4-2-3-10(14)13(11)16(19)20/h2-4,9H,5-7H2,1H3. The summed E-state index contributed by atoms with van der Waals surface area (Å²) in [6.07, 6.45) is 0.282. The first kappa shape index (κ1) is 15.8. The molecule has 1 fully saturated rings. The summed E-state index contributed by atoms with van der Waals surface area (Å²) in [4.78, 5) is 35.0. The van der Waals surface area contributed by atoms with Gasteiger partial charge in [0.25, 0.3) is 0 Å². The van der Waals surface area contributed by atoms with Crippen molar-refractivity contribution in [2.75, 3.05) is 17.2 Å². The van der Waals surface area contributed by atoms with Crippen LogP contribution in [0.25, 0.3) is 0 Å². The molecule has 2 rings (SSSR count). The molecule has 1 aromatic rings. The number of hydrogen-bond acceptors (Lipinski definition) is 5. The van der Waals surface area contributed by atoms with E-state index in [1.54, 1.807) is 6.07 Å². The molecule has 8 heteroatoms. The van der Waals surface area contributed by atoms with Crippen LogP contribution in [0.2, 0.25) is 5.02 Å². The number of benzene rings is 1. The lowest BCUT2D eigenvalue weighted by atomic mass is 10.1. The normalized spacial score (nSPS) is 18.1. The van der Waals surface area contributed by atoms with Gasteiger partial charge in [0.15, 0.2) is 5.12 Å². The summed E-state index contributed by atoms with van der Waals surface area (Å²) in [6, 6.07) is 4.52. The highest BCUT2D eigenvalue weighted by atomic mass is 35.5. The van der Waals surface area contributed by atoms with Crippen molar-refractivity contribution >= 4 is 45.8 Å². The molecule has 0 saturated carbocycles. The molecule has 21 heavy (non-hydrogen) atoms. The van der Waals surface area contributed by atoms with Crippen LogP contribution < -0.4 is 4.90 Å². The molecule has 112 valence electrons. The van der Waals surface area contributed by atoms with Crippen molar-refractivity contribution in [1.29, 1.82) is 0 Å². The number of carbonyl (C=O) groups excluding carboxylic acids is 2. The van der Waals surface area contributed by atoms with E-state index in [4.69, 9.17) is 11.6 Å². The molecular formula is C13H13ClN2O4S. The van der Waals surface area contributed by atoms with Crippen LogP contribution in [0.3, 0.4) is 0 Å². The second-order valence-electron chi connectivity index (χ2n) is 4.74. The van der Waals surface area contributed by atoms with Crippen LogP contribution in [0, 0.1) is 16.0 Å². The minimum Gasteiger partial charge on any atom is -0.306 e. The predicted molar refractivity (Wildman–Crippen MR) is 81.7 cm³/mol. The topological polar surface area (TPSA) is 80.5 Å². The van der Waals surface area contributed by atoms with Crippen molar-refractivity contribution in [1.82, 2.24) is 0 Å². The van der Waals surface area contributed by atoms with Crippen molar-refractivity contribution in [2.45, 2.75) is 13.3 Å². The number of rotatable bonds is 4. The summed E-state index contributed by atoms with van der Waals surface area (Å²) in [5.74, 6) is 0.353. The molecule has 1 heterocycles. The lowest BCUT2D eigenvalue weighted by Crippen LogP contribution is -2.25. The van der Waals surface area contributed by atoms with Gasteiger partial charge >= 0.3 is 5.69 Å². The highest BCUT2D eigenvalue weighted by Crippen LogP contribution is 2.38. The van der Waals surface area contributed by atoms with E-state index < -0.39 is 4.92 Å². The Bertz CT molecular complexity index is 608. The average molecular weight is 329 g/mol. The number of anilines is 1. The van der Waals surface area contributed by atoms with E-state index >= 15 is 0 Å². The molecule has 6 nitrogen and oxygen atoms in total. The minimum absolute atomic E-state index is 0.00462. The Balaban J connectivity index is 2.23. The summed E-state index contributed by atoms with van der Waals surface area (Å²) < 4.78 is 0. The second-order valence-corrected chi connectivity index (χ2v) is 6.35. The Labute approximate surface area is 130 Å². The predicted octanol–water partition coefficient (Wildman–Crippen LogP) is 2.88. The monoisotopic (exact) mass is 328 g/mol. The molecule has 0 radical (unpaired) electrons. The smallest absolute Gasteiger partial charge is 0.306 e. The third-order valence-electron chi connectivity index (χ3n) is 3.17. The molecule has 1 saturated heterocycles. The molecule has 1 aromatic carbocycles. The average Bonchev–Trinajstić information content (AvgIpc) is 2.76. The first-order chi connectivity index (χ1) is 9.90. The highest BCUT2D eigenvalue weighted by Gasteiger charge is 2.35. The number of hydrogen-bond donors (Lipinski definition) is 0. The van der Waals surface area contributed by atoms with E-state index in [1.807, 2.05) is 0 Å². The van der Waals surface area contributed by atoms with E-state index in [9.17, 15) is 19.7 Å². The van der Waals surface area contributed by atoms with Crippen molar-refractivity contribution < 1.29 is 14.5 Å². The Morgan fingerprint density at radius 2 is 2.29 bits per heavy atom. The van der Waals surface area contributed by atoms with Gasteiger partial charge in [0.1, 0.15) is 10.7 Å². The molecule has 1 aliphatic heterocycles. The number of amides is 1. The zero-order valence-corrected chi connectivity index (χ0v) is 12.8. The summed E-state index contributed by atoms with van der Waals surface area (Å²) in [6.45, 7) is 1.83. The fraction of sp³-hybridized carbons (Fsp3) is 0.385. The third kappa shape index (κ3) is 3.54. The lowest BCUT2D eigenvalue weighted by molar-refractivity contribution is -0.383. The van der Waals surface area contributed by atoms with Crippen molar-refractivity contribution in [3.8, 4) is 0 Å². The summed E-state index contributed by atoms with van der Waals surface area (Å²) in [5, 5.41) is 11.1. The Kier molecular flexibility index (Phi) is 4.84. The molecule has 1 amide bonds. The molecule has 1 aliphatic rings.